The number of likely N-dealkylation sites (tertiary alicyclic amines) is 1. The first-order valence-electron chi connectivity index (χ1n) is 13.0. The summed E-state index contributed by atoms with van der Waals surface area (Å²) in [7, 11) is 0. The van der Waals surface area contributed by atoms with Gasteiger partial charge in [-0.3, -0.25) is 14.6 Å². The number of amides is 1. The molecule has 2 aromatic rings. The van der Waals surface area contributed by atoms with Gasteiger partial charge < -0.3 is 10.1 Å². The normalized spacial score (nSPS) is 22.2. The molecule has 0 saturated carbocycles. The summed E-state index contributed by atoms with van der Waals surface area (Å²) in [6.07, 6.45) is -1.19. The lowest BCUT2D eigenvalue weighted by molar-refractivity contribution is -0.612. The van der Waals surface area contributed by atoms with E-state index in [0.29, 0.717) is 24.3 Å². The van der Waals surface area contributed by atoms with E-state index in [0.717, 1.165) is 60.5 Å². The van der Waals surface area contributed by atoms with Crippen molar-refractivity contribution in [3.8, 4) is 0 Å². The number of carbonyl (C=O) groups excluding carboxylic acids is 1. The van der Waals surface area contributed by atoms with E-state index >= 15 is 0 Å². The molecular weight excluding hydrogens is 481 g/mol. The molecule has 0 radical (unpaired) electrons. The molecule has 2 aliphatic rings. The van der Waals surface area contributed by atoms with Crippen LogP contribution in [0, 0.1) is 19.1 Å². The molecule has 0 spiro atoms. The van der Waals surface area contributed by atoms with Crippen LogP contribution in [0.25, 0.3) is 0 Å². The number of pyridine rings is 1. The fourth-order valence-electron chi connectivity index (χ4n) is 5.94. The third-order valence-corrected chi connectivity index (χ3v) is 8.55. The smallest absolute Gasteiger partial charge is 0.416 e. The molecule has 1 aromatic carbocycles. The van der Waals surface area contributed by atoms with Crippen molar-refractivity contribution in [2.24, 2.45) is 0 Å². The van der Waals surface area contributed by atoms with Crippen LogP contribution in [0.5, 0.6) is 0 Å². The van der Waals surface area contributed by atoms with Crippen LogP contribution in [-0.4, -0.2) is 64.9 Å². The second kappa shape index (κ2) is 10.3. The van der Waals surface area contributed by atoms with Crippen LogP contribution in [0.4, 0.5) is 13.2 Å². The van der Waals surface area contributed by atoms with E-state index in [1.54, 1.807) is 25.1 Å². The van der Waals surface area contributed by atoms with Gasteiger partial charge in [-0.25, -0.2) is 0 Å². The van der Waals surface area contributed by atoms with Crippen molar-refractivity contribution in [3.63, 3.8) is 0 Å². The maximum absolute atomic E-state index is 13.3. The maximum atomic E-state index is 13.3. The fourth-order valence-corrected chi connectivity index (χ4v) is 5.94. The SMILES string of the molecule is Cc1cc[n+]([O-])c(C)c1C(=O)N1CCC(C)(N2CCN(C(C)c3ccc(C(F)(F)F)cc3)C(C)C2)CC1. The van der Waals surface area contributed by atoms with E-state index in [4.69, 9.17) is 0 Å². The van der Waals surface area contributed by atoms with Gasteiger partial charge in [0.1, 0.15) is 5.56 Å². The topological polar surface area (TPSA) is 53.7 Å². The molecular formula is C28H37F3N4O2. The number of alkyl halides is 3. The highest BCUT2D eigenvalue weighted by atomic mass is 19.4. The minimum atomic E-state index is -4.33. The van der Waals surface area contributed by atoms with Crippen molar-refractivity contribution in [1.29, 1.82) is 0 Å². The molecule has 0 N–H and O–H groups in total. The number of piperidine rings is 1. The molecule has 37 heavy (non-hydrogen) atoms. The van der Waals surface area contributed by atoms with E-state index < -0.39 is 11.7 Å². The van der Waals surface area contributed by atoms with Gasteiger partial charge in [-0.15, -0.1) is 0 Å². The Morgan fingerprint density at radius 3 is 2.27 bits per heavy atom. The van der Waals surface area contributed by atoms with Crippen molar-refractivity contribution in [1.82, 2.24) is 14.7 Å². The molecule has 4 rings (SSSR count). The van der Waals surface area contributed by atoms with Gasteiger partial charge in [0.2, 0.25) is 5.69 Å². The number of benzene rings is 1. The standard InChI is InChI=1S/C28H37F3N4O2/c1-19-10-13-35(37)22(4)25(19)26(36)32-14-11-27(5,12-15-32)33-16-17-34(20(2)18-33)21(3)23-6-8-24(9-7-23)28(29,30)31/h6-10,13,20-21H,11-12,14-18H2,1-5H3. The maximum Gasteiger partial charge on any atom is 0.416 e. The second-order valence-corrected chi connectivity index (χ2v) is 10.9. The highest BCUT2D eigenvalue weighted by Crippen LogP contribution is 2.35. The second-order valence-electron chi connectivity index (χ2n) is 10.9. The number of hydrogen-bond donors (Lipinski definition) is 0. The van der Waals surface area contributed by atoms with Crippen LogP contribution in [0.3, 0.4) is 0 Å². The first-order chi connectivity index (χ1) is 17.3. The van der Waals surface area contributed by atoms with Crippen LogP contribution >= 0.6 is 0 Å². The summed E-state index contributed by atoms with van der Waals surface area (Å²) < 4.78 is 39.6. The molecule has 2 fully saturated rings. The summed E-state index contributed by atoms with van der Waals surface area (Å²) in [6.45, 7) is 13.9. The Hall–Kier alpha value is -2.65. The van der Waals surface area contributed by atoms with Gasteiger partial charge in [0, 0.05) is 63.3 Å². The van der Waals surface area contributed by atoms with Crippen molar-refractivity contribution in [2.45, 2.75) is 71.3 Å². The molecule has 9 heteroatoms. The molecule has 1 amide bonds. The number of halogens is 3. The van der Waals surface area contributed by atoms with Gasteiger partial charge in [0.25, 0.3) is 5.91 Å². The Bertz CT molecular complexity index is 1130. The molecule has 1 aromatic heterocycles. The molecule has 2 unspecified atom stereocenters. The summed E-state index contributed by atoms with van der Waals surface area (Å²) in [5.41, 5.74) is 1.98. The number of piperazine rings is 1. The lowest BCUT2D eigenvalue weighted by Gasteiger charge is -2.52. The molecule has 0 aliphatic carbocycles. The Labute approximate surface area is 217 Å². The van der Waals surface area contributed by atoms with Crippen LogP contribution in [0.2, 0.25) is 0 Å². The molecule has 6 nitrogen and oxygen atoms in total. The lowest BCUT2D eigenvalue weighted by atomic mass is 9.86. The van der Waals surface area contributed by atoms with Crippen LogP contribution in [0.1, 0.15) is 72.4 Å². The van der Waals surface area contributed by atoms with Crippen LogP contribution in [0.15, 0.2) is 36.5 Å². The first kappa shape index (κ1) is 27.4. The van der Waals surface area contributed by atoms with E-state index in [1.807, 2.05) is 11.8 Å². The van der Waals surface area contributed by atoms with Gasteiger partial charge in [-0.05, 0) is 63.8 Å². The van der Waals surface area contributed by atoms with Gasteiger partial charge in [-0.2, -0.15) is 17.9 Å². The number of rotatable bonds is 4. The molecule has 0 bridgehead atoms. The Balaban J connectivity index is 1.37. The van der Waals surface area contributed by atoms with Crippen molar-refractivity contribution >= 4 is 5.91 Å². The summed E-state index contributed by atoms with van der Waals surface area (Å²) in [5.74, 6) is -0.0780. The fraction of sp³-hybridized carbons (Fsp3) is 0.571. The van der Waals surface area contributed by atoms with Gasteiger partial charge in [0.05, 0.1) is 5.56 Å². The number of aromatic nitrogens is 1. The Morgan fingerprint density at radius 1 is 1.08 bits per heavy atom. The number of nitrogens with zero attached hydrogens (tertiary/aromatic N) is 4. The van der Waals surface area contributed by atoms with Crippen LogP contribution < -0.4 is 4.73 Å². The Kier molecular flexibility index (Phi) is 7.59. The molecule has 202 valence electrons. The van der Waals surface area contributed by atoms with Crippen LogP contribution in [-0.2, 0) is 6.18 Å². The summed E-state index contributed by atoms with van der Waals surface area (Å²) >= 11 is 0. The predicted octanol–water partition coefficient (Wildman–Crippen LogP) is 4.72. The Morgan fingerprint density at radius 2 is 1.70 bits per heavy atom. The van der Waals surface area contributed by atoms with E-state index in [2.05, 4.69) is 30.6 Å². The number of aryl methyl sites for hydroxylation is 1. The van der Waals surface area contributed by atoms with Gasteiger partial charge in [-0.1, -0.05) is 12.1 Å². The van der Waals surface area contributed by atoms with Gasteiger partial charge >= 0.3 is 6.18 Å². The highest BCUT2D eigenvalue weighted by molar-refractivity contribution is 5.96. The average molecular weight is 519 g/mol. The summed E-state index contributed by atoms with van der Waals surface area (Å²) in [4.78, 5) is 20.0. The van der Waals surface area contributed by atoms with E-state index in [9.17, 15) is 23.2 Å². The number of carbonyl (C=O) groups is 1. The minimum Gasteiger partial charge on any atom is -0.618 e. The zero-order chi connectivity index (χ0) is 27.1. The zero-order valence-electron chi connectivity index (χ0n) is 22.3. The highest BCUT2D eigenvalue weighted by Gasteiger charge is 2.41. The molecule has 2 atom stereocenters. The van der Waals surface area contributed by atoms with Crippen molar-refractivity contribution in [3.05, 3.63) is 69.7 Å². The monoisotopic (exact) mass is 518 g/mol. The molecule has 3 heterocycles. The largest absolute Gasteiger partial charge is 0.618 e. The third-order valence-electron chi connectivity index (χ3n) is 8.55. The summed E-state index contributed by atoms with van der Waals surface area (Å²) in [5, 5.41) is 12.0. The quantitative estimate of drug-likeness (QED) is 0.434. The van der Waals surface area contributed by atoms with Gasteiger partial charge in [0.15, 0.2) is 6.20 Å². The average Bonchev–Trinajstić information content (AvgIpc) is 2.86. The first-order valence-corrected chi connectivity index (χ1v) is 13.0. The number of hydrogen-bond acceptors (Lipinski definition) is 4. The zero-order valence-corrected chi connectivity index (χ0v) is 22.3. The van der Waals surface area contributed by atoms with E-state index in [1.165, 1.54) is 6.20 Å². The third kappa shape index (κ3) is 5.48. The molecule has 2 aliphatic heterocycles. The summed E-state index contributed by atoms with van der Waals surface area (Å²) in [6, 6.07) is 7.46. The predicted molar refractivity (Wildman–Crippen MR) is 136 cm³/mol. The lowest BCUT2D eigenvalue weighted by Crippen LogP contribution is -2.62. The van der Waals surface area contributed by atoms with E-state index in [-0.39, 0.29) is 23.5 Å². The minimum absolute atomic E-state index is 0.0211. The van der Waals surface area contributed by atoms with Crippen molar-refractivity contribution < 1.29 is 22.7 Å². The molecule has 2 saturated heterocycles. The van der Waals surface area contributed by atoms with Crippen molar-refractivity contribution in [2.75, 3.05) is 32.7 Å².